The topological polar surface area (TPSA) is 96.0 Å². The molecule has 1 atom stereocenters. The number of nitrogens with one attached hydrogen (secondary N) is 1. The van der Waals surface area contributed by atoms with Crippen LogP contribution in [-0.2, 0) is 26.2 Å². The van der Waals surface area contributed by atoms with Crippen LogP contribution in [0.2, 0.25) is 5.02 Å². The van der Waals surface area contributed by atoms with Gasteiger partial charge in [0.15, 0.2) is 0 Å². The molecule has 3 aromatic rings. The van der Waals surface area contributed by atoms with Gasteiger partial charge in [0.2, 0.25) is 11.8 Å². The highest BCUT2D eigenvalue weighted by atomic mass is 35.5. The van der Waals surface area contributed by atoms with E-state index in [2.05, 4.69) is 5.32 Å². The zero-order valence-electron chi connectivity index (χ0n) is 24.3. The quantitative estimate of drug-likeness (QED) is 0.311. The van der Waals surface area contributed by atoms with E-state index in [9.17, 15) is 18.0 Å². The number of amides is 2. The summed E-state index contributed by atoms with van der Waals surface area (Å²) < 4.78 is 34.4. The molecule has 0 fully saturated rings. The van der Waals surface area contributed by atoms with Crippen LogP contribution in [0.4, 0.5) is 5.69 Å². The van der Waals surface area contributed by atoms with Crippen molar-refractivity contribution in [1.29, 1.82) is 0 Å². The van der Waals surface area contributed by atoms with Crippen LogP contribution in [0.25, 0.3) is 0 Å². The smallest absolute Gasteiger partial charge is 0.264 e. The lowest BCUT2D eigenvalue weighted by Crippen LogP contribution is -2.54. The van der Waals surface area contributed by atoms with Gasteiger partial charge in [-0.15, -0.1) is 0 Å². The molecule has 0 bridgehead atoms. The van der Waals surface area contributed by atoms with Crippen molar-refractivity contribution in [2.75, 3.05) is 17.5 Å². The molecule has 0 radical (unpaired) electrons. The molecule has 0 unspecified atom stereocenters. The molecule has 1 N–H and O–H groups in total. The van der Waals surface area contributed by atoms with Crippen molar-refractivity contribution in [2.24, 2.45) is 0 Å². The van der Waals surface area contributed by atoms with Crippen LogP contribution in [-0.4, -0.2) is 49.9 Å². The van der Waals surface area contributed by atoms with Gasteiger partial charge in [-0.2, -0.15) is 0 Å². The maximum atomic E-state index is 14.0. The van der Waals surface area contributed by atoms with Crippen molar-refractivity contribution < 1.29 is 22.7 Å². The molecular formula is C31H38ClN3O5S. The number of anilines is 1. The highest BCUT2D eigenvalue weighted by Gasteiger charge is 2.33. The molecule has 220 valence electrons. The number of nitrogens with zero attached hydrogens (tertiary/aromatic N) is 2. The first kappa shape index (κ1) is 32.0. The zero-order chi connectivity index (χ0) is 30.4. The minimum absolute atomic E-state index is 0.0208. The van der Waals surface area contributed by atoms with E-state index in [-0.39, 0.29) is 23.0 Å². The molecule has 0 heterocycles. The van der Waals surface area contributed by atoms with Crippen LogP contribution < -0.4 is 14.4 Å². The molecule has 3 aromatic carbocycles. The third-order valence-corrected chi connectivity index (χ3v) is 8.42. The van der Waals surface area contributed by atoms with Crippen LogP contribution in [0, 0.1) is 6.92 Å². The summed E-state index contributed by atoms with van der Waals surface area (Å²) >= 11 is 6.01. The van der Waals surface area contributed by atoms with Crippen LogP contribution in [0.15, 0.2) is 77.7 Å². The largest absolute Gasteiger partial charge is 0.494 e. The van der Waals surface area contributed by atoms with Crippen LogP contribution in [0.5, 0.6) is 5.75 Å². The molecule has 8 nitrogen and oxygen atoms in total. The van der Waals surface area contributed by atoms with Crippen LogP contribution >= 0.6 is 11.6 Å². The predicted octanol–water partition coefficient (Wildman–Crippen LogP) is 5.57. The first-order chi connectivity index (χ1) is 19.2. The van der Waals surface area contributed by atoms with E-state index in [1.54, 1.807) is 31.2 Å². The number of rotatable bonds is 11. The van der Waals surface area contributed by atoms with E-state index in [1.165, 1.54) is 29.2 Å². The molecule has 0 aliphatic heterocycles. The highest BCUT2D eigenvalue weighted by Crippen LogP contribution is 2.27. The number of hydrogen-bond acceptors (Lipinski definition) is 5. The Morgan fingerprint density at radius 1 is 0.976 bits per heavy atom. The molecular weight excluding hydrogens is 562 g/mol. The molecule has 0 saturated heterocycles. The summed E-state index contributed by atoms with van der Waals surface area (Å²) in [7, 11) is -4.19. The second-order valence-corrected chi connectivity index (χ2v) is 13.1. The second-order valence-electron chi connectivity index (χ2n) is 10.8. The Morgan fingerprint density at radius 3 is 2.15 bits per heavy atom. The van der Waals surface area contributed by atoms with Crippen LogP contribution in [0.3, 0.4) is 0 Å². The van der Waals surface area contributed by atoms with Crippen molar-refractivity contribution in [2.45, 2.75) is 64.6 Å². The van der Waals surface area contributed by atoms with Gasteiger partial charge in [-0.25, -0.2) is 8.42 Å². The number of carbonyl (C=O) groups is 2. The summed E-state index contributed by atoms with van der Waals surface area (Å²) in [5, 5.41) is 3.31. The summed E-state index contributed by atoms with van der Waals surface area (Å²) in [6.07, 6.45) is 0. The summed E-state index contributed by atoms with van der Waals surface area (Å²) in [5.74, 6) is -0.302. The molecule has 0 aromatic heterocycles. The van der Waals surface area contributed by atoms with E-state index in [1.807, 2.05) is 58.9 Å². The van der Waals surface area contributed by atoms with E-state index in [4.69, 9.17) is 16.3 Å². The molecule has 0 saturated carbocycles. The van der Waals surface area contributed by atoms with Crippen molar-refractivity contribution >= 4 is 39.1 Å². The lowest BCUT2D eigenvalue weighted by Gasteiger charge is -2.33. The third kappa shape index (κ3) is 8.47. The number of hydrogen-bond donors (Lipinski definition) is 1. The Morgan fingerprint density at radius 2 is 1.59 bits per heavy atom. The standard InChI is InChI=1S/C31H38ClN3O5S/c1-7-40-27-16-14-26(15-17-27)35(41(38,39)28-18-12-25(32)13-19-28)21-29(36)34(20-24-11-9-8-10-22(24)2)23(3)30(37)33-31(4,5)6/h8-19,23H,7,20-21H2,1-6H3,(H,33,37)/t23-/m0/s1. The Kier molecular flexibility index (Phi) is 10.4. The fourth-order valence-corrected chi connectivity index (χ4v) is 5.71. The average Bonchev–Trinajstić information content (AvgIpc) is 2.90. The molecule has 41 heavy (non-hydrogen) atoms. The molecule has 10 heteroatoms. The maximum absolute atomic E-state index is 14.0. The van der Waals surface area contributed by atoms with E-state index >= 15 is 0 Å². The Labute approximate surface area is 248 Å². The van der Waals surface area contributed by atoms with E-state index in [0.29, 0.717) is 17.4 Å². The average molecular weight is 600 g/mol. The first-order valence-corrected chi connectivity index (χ1v) is 15.2. The third-order valence-electron chi connectivity index (χ3n) is 6.38. The summed E-state index contributed by atoms with van der Waals surface area (Å²) in [6.45, 7) is 11.0. The molecule has 3 rings (SSSR count). The summed E-state index contributed by atoms with van der Waals surface area (Å²) in [4.78, 5) is 28.7. The minimum atomic E-state index is -4.19. The van der Waals surface area contributed by atoms with Gasteiger partial charge in [0.1, 0.15) is 18.3 Å². The van der Waals surface area contributed by atoms with Gasteiger partial charge in [0, 0.05) is 17.1 Å². The normalized spacial score (nSPS) is 12.4. The molecule has 0 spiro atoms. The van der Waals surface area contributed by atoms with Crippen molar-refractivity contribution in [3.8, 4) is 5.75 Å². The SMILES string of the molecule is CCOc1ccc(N(CC(=O)N(Cc2ccccc2C)[C@@H](C)C(=O)NC(C)(C)C)S(=O)(=O)c2ccc(Cl)cc2)cc1. The van der Waals surface area contributed by atoms with Crippen molar-refractivity contribution in [3.05, 3.63) is 88.9 Å². The number of halogens is 1. The maximum Gasteiger partial charge on any atom is 0.264 e. The van der Waals surface area contributed by atoms with E-state index in [0.717, 1.165) is 15.4 Å². The van der Waals surface area contributed by atoms with Gasteiger partial charge in [0.25, 0.3) is 10.0 Å². The second kappa shape index (κ2) is 13.4. The zero-order valence-corrected chi connectivity index (χ0v) is 25.9. The van der Waals surface area contributed by atoms with Gasteiger partial charge in [-0.3, -0.25) is 13.9 Å². The fourth-order valence-electron chi connectivity index (χ4n) is 4.17. The number of sulfonamides is 1. The molecule has 0 aliphatic rings. The fraction of sp³-hybridized carbons (Fsp3) is 0.355. The van der Waals surface area contributed by atoms with Gasteiger partial charge >= 0.3 is 0 Å². The Balaban J connectivity index is 2.05. The Bertz CT molecular complexity index is 1450. The lowest BCUT2D eigenvalue weighted by atomic mass is 10.1. The van der Waals surface area contributed by atoms with Gasteiger partial charge in [0.05, 0.1) is 17.2 Å². The molecule has 0 aliphatic carbocycles. The number of carbonyl (C=O) groups excluding carboxylic acids is 2. The number of benzene rings is 3. The van der Waals surface area contributed by atoms with Crippen molar-refractivity contribution in [3.63, 3.8) is 0 Å². The van der Waals surface area contributed by atoms with Gasteiger partial charge in [-0.1, -0.05) is 35.9 Å². The summed E-state index contributed by atoms with van der Waals surface area (Å²) in [6, 6.07) is 18.9. The number of aryl methyl sites for hydroxylation is 1. The first-order valence-electron chi connectivity index (χ1n) is 13.4. The minimum Gasteiger partial charge on any atom is -0.494 e. The predicted molar refractivity (Wildman–Crippen MR) is 163 cm³/mol. The lowest BCUT2D eigenvalue weighted by molar-refractivity contribution is -0.140. The van der Waals surface area contributed by atoms with Gasteiger partial charge in [-0.05, 0) is 101 Å². The monoisotopic (exact) mass is 599 g/mol. The Hall–Kier alpha value is -3.56. The highest BCUT2D eigenvalue weighted by molar-refractivity contribution is 7.92. The summed E-state index contributed by atoms with van der Waals surface area (Å²) in [5.41, 5.74) is 1.56. The number of ether oxygens (including phenoxy) is 1. The van der Waals surface area contributed by atoms with Crippen molar-refractivity contribution in [1.82, 2.24) is 10.2 Å². The van der Waals surface area contributed by atoms with Gasteiger partial charge < -0.3 is 15.0 Å². The van der Waals surface area contributed by atoms with E-state index < -0.39 is 34.1 Å². The molecule has 2 amide bonds. The van der Waals surface area contributed by atoms with Crippen LogP contribution in [0.1, 0.15) is 45.7 Å².